The third kappa shape index (κ3) is 1.06. The second-order valence-corrected chi connectivity index (χ2v) is 2.95. The molecule has 0 N–H and O–H groups in total. The van der Waals surface area contributed by atoms with Gasteiger partial charge >= 0.3 is 0 Å². The van der Waals surface area contributed by atoms with Gasteiger partial charge in [0.15, 0.2) is 11.4 Å². The number of rotatable bonds is 1. The molecule has 68 valence electrons. The molecule has 0 bridgehead atoms. The van der Waals surface area contributed by atoms with Gasteiger partial charge in [-0.05, 0) is 13.0 Å². The summed E-state index contributed by atoms with van der Waals surface area (Å²) >= 11 is 0. The van der Waals surface area contributed by atoms with E-state index < -0.39 is 0 Å². The molecule has 4 nitrogen and oxygen atoms in total. The Morgan fingerprint density at radius 3 is 3.00 bits per heavy atom. The summed E-state index contributed by atoms with van der Waals surface area (Å²) in [6, 6.07) is 3.54. The summed E-state index contributed by atoms with van der Waals surface area (Å²) in [7, 11) is 0. The molecule has 0 aliphatic heterocycles. The fourth-order valence-corrected chi connectivity index (χ4v) is 1.38. The Bertz CT molecular complexity index is 448. The predicted molar refractivity (Wildman–Crippen MR) is 47.1 cm³/mol. The first-order chi connectivity index (χ1) is 6.24. The zero-order valence-electron chi connectivity index (χ0n) is 7.57. The maximum atomic E-state index is 11.7. The van der Waals surface area contributed by atoms with Crippen molar-refractivity contribution in [2.45, 2.75) is 20.3 Å². The summed E-state index contributed by atoms with van der Waals surface area (Å²) < 4.78 is 5.85. The highest BCUT2D eigenvalue weighted by Gasteiger charge is 2.15. The van der Waals surface area contributed by atoms with Crippen molar-refractivity contribution in [3.63, 3.8) is 0 Å². The van der Waals surface area contributed by atoms with Crippen LogP contribution in [-0.2, 0) is 6.42 Å². The Morgan fingerprint density at radius 1 is 1.54 bits per heavy atom. The highest BCUT2D eigenvalue weighted by atomic mass is 16.5. The SMILES string of the molecule is CCc1ccc2onc(C)c2[n+]1[O-]. The minimum Gasteiger partial charge on any atom is -0.618 e. The first kappa shape index (κ1) is 8.04. The molecule has 0 aliphatic rings. The van der Waals surface area contributed by atoms with Crippen molar-refractivity contribution >= 4 is 11.1 Å². The van der Waals surface area contributed by atoms with Crippen molar-refractivity contribution in [1.82, 2.24) is 5.16 Å². The number of nitrogens with zero attached hydrogens (tertiary/aromatic N) is 2. The predicted octanol–water partition coefficient (Wildman–Crippen LogP) is 1.33. The largest absolute Gasteiger partial charge is 0.618 e. The molecule has 2 rings (SSSR count). The zero-order valence-corrected chi connectivity index (χ0v) is 7.57. The van der Waals surface area contributed by atoms with Gasteiger partial charge in [0.25, 0.3) is 5.52 Å². The minimum absolute atomic E-state index is 0.541. The number of fused-ring (bicyclic) bond motifs is 1. The maximum Gasteiger partial charge on any atom is 0.287 e. The third-order valence-corrected chi connectivity index (χ3v) is 2.11. The molecule has 0 saturated carbocycles. The molecule has 0 fully saturated rings. The summed E-state index contributed by atoms with van der Waals surface area (Å²) in [6.45, 7) is 3.71. The summed E-state index contributed by atoms with van der Waals surface area (Å²) in [5.74, 6) is 0. The molecular weight excluding hydrogens is 168 g/mol. The molecule has 0 saturated heterocycles. The quantitative estimate of drug-likeness (QED) is 0.489. The fourth-order valence-electron chi connectivity index (χ4n) is 1.38. The highest BCUT2D eigenvalue weighted by Crippen LogP contribution is 2.13. The Balaban J connectivity index is 2.83. The molecular formula is C9H10N2O2. The van der Waals surface area contributed by atoms with Gasteiger partial charge in [-0.1, -0.05) is 12.1 Å². The van der Waals surface area contributed by atoms with Crippen molar-refractivity contribution in [2.24, 2.45) is 0 Å². The van der Waals surface area contributed by atoms with Gasteiger partial charge in [0.2, 0.25) is 5.58 Å². The van der Waals surface area contributed by atoms with E-state index in [0.29, 0.717) is 23.2 Å². The van der Waals surface area contributed by atoms with E-state index in [1.165, 1.54) is 0 Å². The lowest BCUT2D eigenvalue weighted by Gasteiger charge is -2.01. The van der Waals surface area contributed by atoms with Gasteiger partial charge < -0.3 is 9.73 Å². The topological polar surface area (TPSA) is 53.0 Å². The molecule has 0 atom stereocenters. The van der Waals surface area contributed by atoms with E-state index in [2.05, 4.69) is 5.16 Å². The number of hydrogen-bond acceptors (Lipinski definition) is 3. The van der Waals surface area contributed by atoms with Crippen molar-refractivity contribution in [2.75, 3.05) is 0 Å². The van der Waals surface area contributed by atoms with Gasteiger partial charge in [-0.25, -0.2) is 0 Å². The van der Waals surface area contributed by atoms with Crippen LogP contribution in [0.15, 0.2) is 16.7 Å². The van der Waals surface area contributed by atoms with Crippen LogP contribution in [0.25, 0.3) is 11.1 Å². The van der Waals surface area contributed by atoms with E-state index in [-0.39, 0.29) is 0 Å². The van der Waals surface area contributed by atoms with Gasteiger partial charge in [0.05, 0.1) is 0 Å². The van der Waals surface area contributed by atoms with Crippen LogP contribution in [0.2, 0.25) is 0 Å². The van der Waals surface area contributed by atoms with Gasteiger partial charge in [-0.2, -0.15) is 4.73 Å². The summed E-state index contributed by atoms with van der Waals surface area (Å²) in [4.78, 5) is 0. The molecule has 13 heavy (non-hydrogen) atoms. The van der Waals surface area contributed by atoms with E-state index >= 15 is 0 Å². The van der Waals surface area contributed by atoms with Crippen LogP contribution >= 0.6 is 0 Å². The summed E-state index contributed by atoms with van der Waals surface area (Å²) in [5, 5.41) is 15.4. The monoisotopic (exact) mass is 178 g/mol. The molecule has 0 aromatic carbocycles. The van der Waals surface area contributed by atoms with Crippen LogP contribution in [0.4, 0.5) is 0 Å². The summed E-state index contributed by atoms with van der Waals surface area (Å²) in [6.07, 6.45) is 0.712. The van der Waals surface area contributed by atoms with Crippen LogP contribution in [0.5, 0.6) is 0 Å². The second kappa shape index (κ2) is 2.73. The number of pyridine rings is 1. The van der Waals surface area contributed by atoms with E-state index in [1.54, 1.807) is 19.1 Å². The standard InChI is InChI=1S/C9H10N2O2/c1-3-7-4-5-8-9(11(7)12)6(2)10-13-8/h4-5H,3H2,1-2H3. The molecule has 0 aliphatic carbocycles. The van der Waals surface area contributed by atoms with Crippen LogP contribution < -0.4 is 4.73 Å². The van der Waals surface area contributed by atoms with E-state index in [0.717, 1.165) is 10.4 Å². The van der Waals surface area contributed by atoms with Crippen molar-refractivity contribution in [1.29, 1.82) is 0 Å². The molecule has 4 heteroatoms. The third-order valence-electron chi connectivity index (χ3n) is 2.11. The van der Waals surface area contributed by atoms with Crippen molar-refractivity contribution in [3.05, 3.63) is 28.7 Å². The molecule has 2 aromatic rings. The smallest absolute Gasteiger partial charge is 0.287 e. The van der Waals surface area contributed by atoms with Crippen LogP contribution in [0, 0.1) is 12.1 Å². The van der Waals surface area contributed by atoms with E-state index in [4.69, 9.17) is 4.52 Å². The zero-order chi connectivity index (χ0) is 9.42. The Hall–Kier alpha value is -1.58. The van der Waals surface area contributed by atoms with Gasteiger partial charge in [-0.15, -0.1) is 0 Å². The first-order valence-corrected chi connectivity index (χ1v) is 4.21. The Kier molecular flexibility index (Phi) is 1.69. The lowest BCUT2D eigenvalue weighted by molar-refractivity contribution is -0.586. The van der Waals surface area contributed by atoms with Gasteiger partial charge in [0, 0.05) is 12.5 Å². The highest BCUT2D eigenvalue weighted by molar-refractivity contribution is 5.70. The van der Waals surface area contributed by atoms with E-state index in [9.17, 15) is 5.21 Å². The number of aromatic nitrogens is 2. The van der Waals surface area contributed by atoms with Crippen molar-refractivity contribution in [3.8, 4) is 0 Å². The maximum absolute atomic E-state index is 11.7. The molecule has 2 heterocycles. The lowest BCUT2D eigenvalue weighted by atomic mass is 10.2. The molecule has 0 amide bonds. The number of hydrogen-bond donors (Lipinski definition) is 0. The average Bonchev–Trinajstić information content (AvgIpc) is 2.49. The Labute approximate surface area is 75.4 Å². The summed E-state index contributed by atoms with van der Waals surface area (Å²) in [5.41, 5.74) is 2.46. The molecule has 0 spiro atoms. The Morgan fingerprint density at radius 2 is 2.31 bits per heavy atom. The first-order valence-electron chi connectivity index (χ1n) is 4.21. The minimum atomic E-state index is 0.541. The number of aryl methyl sites for hydroxylation is 2. The van der Waals surface area contributed by atoms with Crippen molar-refractivity contribution < 1.29 is 9.25 Å². The molecule has 0 radical (unpaired) electrons. The second-order valence-electron chi connectivity index (χ2n) is 2.95. The fraction of sp³-hybridized carbons (Fsp3) is 0.333. The lowest BCUT2D eigenvalue weighted by Crippen LogP contribution is -2.32. The normalized spacial score (nSPS) is 10.9. The van der Waals surface area contributed by atoms with Gasteiger partial charge in [-0.3, -0.25) is 0 Å². The average molecular weight is 178 g/mol. The van der Waals surface area contributed by atoms with Gasteiger partial charge in [0.1, 0.15) is 0 Å². The van der Waals surface area contributed by atoms with E-state index in [1.807, 2.05) is 6.92 Å². The van der Waals surface area contributed by atoms with Crippen LogP contribution in [0.3, 0.4) is 0 Å². The molecule has 0 unspecified atom stereocenters. The molecule has 2 aromatic heterocycles. The van der Waals surface area contributed by atoms with Crippen LogP contribution in [-0.4, -0.2) is 5.16 Å². The van der Waals surface area contributed by atoms with Crippen LogP contribution in [0.1, 0.15) is 18.3 Å².